The Morgan fingerprint density at radius 3 is 2.22 bits per heavy atom. The number of likely N-dealkylation sites (tertiary alicyclic amines) is 1. The van der Waals surface area contributed by atoms with Crippen molar-refractivity contribution in [3.05, 3.63) is 83.0 Å². The van der Waals surface area contributed by atoms with Gasteiger partial charge in [-0.1, -0.05) is 61.4 Å². The van der Waals surface area contributed by atoms with Crippen LogP contribution in [0.25, 0.3) is 11.1 Å². The maximum atomic E-state index is 13.0. The quantitative estimate of drug-likeness (QED) is 0.212. The summed E-state index contributed by atoms with van der Waals surface area (Å²) >= 11 is 0. The van der Waals surface area contributed by atoms with Gasteiger partial charge in [0.05, 0.1) is 24.8 Å². The number of ether oxygens (including phenoxy) is 1. The molecular weight excluding hydrogens is 578 g/mol. The van der Waals surface area contributed by atoms with E-state index in [4.69, 9.17) is 10.00 Å². The molecule has 2 aromatic rings. The molecule has 4 rings (SSSR count). The summed E-state index contributed by atoms with van der Waals surface area (Å²) < 4.78 is 31.4. The molecule has 2 aliphatic heterocycles. The molecule has 2 N–H and O–H groups in total. The van der Waals surface area contributed by atoms with Crippen molar-refractivity contribution in [1.29, 1.82) is 5.26 Å². The fourth-order valence-electron chi connectivity index (χ4n) is 4.91. The molecule has 2 aliphatic rings. The lowest BCUT2D eigenvalue weighted by atomic mass is 9.97. The van der Waals surface area contributed by atoms with E-state index in [1.165, 1.54) is 6.07 Å². The normalized spacial score (nSPS) is 18.6. The summed E-state index contributed by atoms with van der Waals surface area (Å²) in [5.74, 6) is -1.65. The van der Waals surface area contributed by atoms with Crippen LogP contribution < -0.4 is 10.6 Å². The Labute approximate surface area is 266 Å². The summed E-state index contributed by atoms with van der Waals surface area (Å²) in [5, 5.41) is 13.5. The van der Waals surface area contributed by atoms with Crippen LogP contribution in [0.2, 0.25) is 0 Å². The highest BCUT2D eigenvalue weighted by molar-refractivity contribution is 5.80. The second-order valence-corrected chi connectivity index (χ2v) is 10.5. The van der Waals surface area contributed by atoms with Gasteiger partial charge in [0.15, 0.2) is 11.6 Å². The van der Waals surface area contributed by atoms with Gasteiger partial charge in [0.1, 0.15) is 0 Å². The fourth-order valence-corrected chi connectivity index (χ4v) is 4.91. The summed E-state index contributed by atoms with van der Waals surface area (Å²) in [5.41, 5.74) is 4.18. The molecule has 0 aromatic heterocycles. The number of carbonyl (C=O) groups excluding carboxylic acids is 3. The molecule has 1 spiro atoms. The van der Waals surface area contributed by atoms with Gasteiger partial charge >= 0.3 is 0 Å². The highest BCUT2D eigenvalue weighted by Gasteiger charge is 2.46. The van der Waals surface area contributed by atoms with Gasteiger partial charge in [0, 0.05) is 24.8 Å². The molecule has 10 heteroatoms. The van der Waals surface area contributed by atoms with Crippen LogP contribution in [0.5, 0.6) is 0 Å². The predicted molar refractivity (Wildman–Crippen MR) is 173 cm³/mol. The van der Waals surface area contributed by atoms with Crippen LogP contribution in [-0.4, -0.2) is 61.5 Å². The first-order valence-electron chi connectivity index (χ1n) is 15.1. The summed E-state index contributed by atoms with van der Waals surface area (Å²) in [6, 6.07) is 13.8. The summed E-state index contributed by atoms with van der Waals surface area (Å²) in [6.07, 6.45) is 7.71. The number of aryl methyl sites for hydroxylation is 1. The van der Waals surface area contributed by atoms with Crippen LogP contribution >= 0.6 is 0 Å². The molecule has 2 aromatic carbocycles. The SMILES string of the molecule is C/C=C(C#N)\C=C(/C)CNC=O.CC.CC1CC2(CCCO2)CN1C(=O)CNC=O.Cc1ccc(-c2ccc(F)c(F)c2)cc1. The first kappa shape index (κ1) is 38.7. The van der Waals surface area contributed by atoms with Crippen LogP contribution in [0, 0.1) is 29.9 Å². The van der Waals surface area contributed by atoms with Gasteiger partial charge in [0.2, 0.25) is 18.7 Å². The van der Waals surface area contributed by atoms with Crippen molar-refractivity contribution in [2.45, 2.75) is 72.4 Å². The molecule has 244 valence electrons. The number of allylic oxidation sites excluding steroid dienone is 3. The van der Waals surface area contributed by atoms with E-state index in [9.17, 15) is 23.2 Å². The second kappa shape index (κ2) is 20.6. The van der Waals surface area contributed by atoms with Crippen LogP contribution in [0.4, 0.5) is 8.78 Å². The number of nitriles is 1. The summed E-state index contributed by atoms with van der Waals surface area (Å²) in [7, 11) is 0. The number of nitrogens with zero attached hydrogens (tertiary/aromatic N) is 2. The maximum absolute atomic E-state index is 13.0. The Kier molecular flexibility index (Phi) is 17.7. The Balaban J connectivity index is 0.000000332. The standard InChI is InChI=1S/C13H10F2.C11H18N2O3.C9H12N2O.C2H6/c1-9-2-4-10(5-3-9)11-6-7-12(14)13(15)8-11;1-9-5-11(3-2-4-16-11)7-13(9)10(15)6-12-8-14;1-3-9(5-10)4-8(2)6-11-7-12;1-2/h2-8H,1H3;8-9H,2-7H2,1H3,(H,12,14);3-4,7H,6H2,1-2H3,(H,11,12);1-2H3/b;;8-4+,9-3+;. The van der Waals surface area contributed by atoms with Crippen molar-refractivity contribution >= 4 is 18.7 Å². The Morgan fingerprint density at radius 2 is 1.69 bits per heavy atom. The molecule has 2 heterocycles. The predicted octanol–water partition coefficient (Wildman–Crippen LogP) is 6.02. The van der Waals surface area contributed by atoms with E-state index in [1.54, 1.807) is 25.1 Å². The van der Waals surface area contributed by atoms with Gasteiger partial charge in [-0.15, -0.1) is 0 Å². The van der Waals surface area contributed by atoms with Crippen LogP contribution in [0.3, 0.4) is 0 Å². The van der Waals surface area contributed by atoms with Crippen LogP contribution in [0.15, 0.2) is 65.8 Å². The summed E-state index contributed by atoms with van der Waals surface area (Å²) in [4.78, 5) is 33.7. The Hall–Kier alpha value is -4.36. The average Bonchev–Trinajstić information content (AvgIpc) is 3.65. The second-order valence-electron chi connectivity index (χ2n) is 10.5. The highest BCUT2D eigenvalue weighted by Crippen LogP contribution is 2.38. The minimum atomic E-state index is -0.814. The average molecular weight is 625 g/mol. The third kappa shape index (κ3) is 13.0. The first-order valence-corrected chi connectivity index (χ1v) is 15.1. The lowest BCUT2D eigenvalue weighted by Crippen LogP contribution is -2.41. The number of carbonyl (C=O) groups is 3. The zero-order valence-corrected chi connectivity index (χ0v) is 27.2. The molecule has 3 amide bonds. The van der Waals surface area contributed by atoms with Gasteiger partial charge < -0.3 is 20.3 Å². The number of halogens is 2. The third-order valence-corrected chi connectivity index (χ3v) is 7.11. The van der Waals surface area contributed by atoms with E-state index < -0.39 is 11.6 Å². The van der Waals surface area contributed by atoms with E-state index >= 15 is 0 Å². The number of benzene rings is 2. The molecule has 2 saturated heterocycles. The van der Waals surface area contributed by atoms with Gasteiger partial charge in [0.25, 0.3) is 0 Å². The van der Waals surface area contributed by atoms with Gasteiger partial charge in [-0.2, -0.15) is 5.26 Å². The van der Waals surface area contributed by atoms with Gasteiger partial charge in [-0.05, 0) is 76.3 Å². The Bertz CT molecular complexity index is 1330. The largest absolute Gasteiger partial charge is 0.373 e. The van der Waals surface area contributed by atoms with E-state index in [1.807, 2.05) is 69.9 Å². The molecule has 2 unspecified atom stereocenters. The number of rotatable bonds is 8. The zero-order valence-electron chi connectivity index (χ0n) is 27.2. The molecule has 8 nitrogen and oxygen atoms in total. The van der Waals surface area contributed by atoms with Crippen molar-refractivity contribution in [2.75, 3.05) is 26.2 Å². The zero-order chi connectivity index (χ0) is 33.8. The number of hydrogen-bond donors (Lipinski definition) is 2. The monoisotopic (exact) mass is 624 g/mol. The molecule has 2 fully saturated rings. The molecule has 0 bridgehead atoms. The number of hydrogen-bond acceptors (Lipinski definition) is 5. The van der Waals surface area contributed by atoms with Crippen molar-refractivity contribution in [3.8, 4) is 17.2 Å². The molecule has 0 saturated carbocycles. The number of amides is 3. The highest BCUT2D eigenvalue weighted by atomic mass is 19.2. The van der Waals surface area contributed by atoms with Crippen LogP contribution in [0.1, 0.15) is 59.4 Å². The minimum Gasteiger partial charge on any atom is -0.373 e. The Morgan fingerprint density at radius 1 is 1.07 bits per heavy atom. The van der Waals surface area contributed by atoms with E-state index in [0.29, 0.717) is 37.0 Å². The van der Waals surface area contributed by atoms with Gasteiger partial charge in [-0.3, -0.25) is 14.4 Å². The smallest absolute Gasteiger partial charge is 0.242 e. The van der Waals surface area contributed by atoms with E-state index in [-0.39, 0.29) is 24.1 Å². The molecular formula is C35H46F2N4O4. The lowest BCUT2D eigenvalue weighted by molar-refractivity contribution is -0.132. The third-order valence-electron chi connectivity index (χ3n) is 7.11. The van der Waals surface area contributed by atoms with Crippen LogP contribution in [-0.2, 0) is 19.1 Å². The van der Waals surface area contributed by atoms with Crippen molar-refractivity contribution < 1.29 is 27.9 Å². The maximum Gasteiger partial charge on any atom is 0.242 e. The fraction of sp³-hybridized carbons (Fsp3) is 0.429. The van der Waals surface area contributed by atoms with E-state index in [0.717, 1.165) is 48.6 Å². The lowest BCUT2D eigenvalue weighted by Gasteiger charge is -2.23. The topological polar surface area (TPSA) is 112 Å². The van der Waals surface area contributed by atoms with Gasteiger partial charge in [-0.25, -0.2) is 8.78 Å². The number of nitrogens with one attached hydrogen (secondary N) is 2. The molecule has 45 heavy (non-hydrogen) atoms. The summed E-state index contributed by atoms with van der Waals surface area (Å²) in [6.45, 7) is 13.7. The van der Waals surface area contributed by atoms with Crippen molar-refractivity contribution in [2.24, 2.45) is 0 Å². The van der Waals surface area contributed by atoms with E-state index in [2.05, 4.69) is 10.6 Å². The van der Waals surface area contributed by atoms with Crippen molar-refractivity contribution in [1.82, 2.24) is 15.5 Å². The first-order chi connectivity index (χ1) is 21.6. The minimum absolute atomic E-state index is 0.0213. The van der Waals surface area contributed by atoms with Crippen molar-refractivity contribution in [3.63, 3.8) is 0 Å². The molecule has 0 aliphatic carbocycles. The molecule has 0 radical (unpaired) electrons. The molecule has 2 atom stereocenters.